The second-order valence-electron chi connectivity index (χ2n) is 6.82. The van der Waals surface area contributed by atoms with Crippen molar-refractivity contribution in [2.24, 2.45) is 0 Å². The molecule has 0 spiro atoms. The number of hydrogen-bond acceptors (Lipinski definition) is 5. The van der Waals surface area contributed by atoms with Gasteiger partial charge in [-0.1, -0.05) is 59.8 Å². The van der Waals surface area contributed by atoms with E-state index < -0.39 is 0 Å². The standard InChI is InChI=1S/C24H23N3O2S/c1-17-9-12-20(13-10-17)27-23(19-11-14-21(28-2)22(15-19)29-3)25-26-24(27)30-16-18-7-5-4-6-8-18/h4-15H,16H2,1-3H3. The molecule has 0 saturated heterocycles. The van der Waals surface area contributed by atoms with Gasteiger partial charge in [-0.25, -0.2) is 0 Å². The highest BCUT2D eigenvalue weighted by Crippen LogP contribution is 2.34. The van der Waals surface area contributed by atoms with Crippen molar-refractivity contribution in [2.45, 2.75) is 17.8 Å². The first kappa shape index (κ1) is 20.0. The molecule has 0 radical (unpaired) electrons. The number of nitrogens with zero attached hydrogens (tertiary/aromatic N) is 3. The van der Waals surface area contributed by atoms with Crippen molar-refractivity contribution in [3.8, 4) is 28.6 Å². The summed E-state index contributed by atoms with van der Waals surface area (Å²) in [7, 11) is 3.26. The number of rotatable bonds is 7. The van der Waals surface area contributed by atoms with Gasteiger partial charge in [0.25, 0.3) is 0 Å². The zero-order chi connectivity index (χ0) is 20.9. The molecule has 0 aliphatic heterocycles. The van der Waals surface area contributed by atoms with Gasteiger partial charge < -0.3 is 9.47 Å². The lowest BCUT2D eigenvalue weighted by Gasteiger charge is -2.13. The second kappa shape index (κ2) is 9.05. The molecule has 0 bridgehead atoms. The fraction of sp³-hybridized carbons (Fsp3) is 0.167. The van der Waals surface area contributed by atoms with Crippen molar-refractivity contribution in [2.75, 3.05) is 14.2 Å². The summed E-state index contributed by atoms with van der Waals surface area (Å²) in [4.78, 5) is 0. The molecule has 1 aromatic heterocycles. The van der Waals surface area contributed by atoms with Crippen LogP contribution in [-0.4, -0.2) is 29.0 Å². The first-order chi connectivity index (χ1) is 14.7. The number of aryl methyl sites for hydroxylation is 1. The number of ether oxygens (including phenoxy) is 2. The summed E-state index contributed by atoms with van der Waals surface area (Å²) in [5.74, 6) is 2.92. The molecule has 0 fully saturated rings. The number of hydrogen-bond donors (Lipinski definition) is 0. The van der Waals surface area contributed by atoms with E-state index in [0.29, 0.717) is 11.5 Å². The summed E-state index contributed by atoms with van der Waals surface area (Å²) in [6.45, 7) is 2.08. The molecule has 0 atom stereocenters. The number of aromatic nitrogens is 3. The van der Waals surface area contributed by atoms with E-state index in [1.807, 2.05) is 24.3 Å². The molecule has 0 amide bonds. The molecule has 0 saturated carbocycles. The molecule has 0 aliphatic rings. The molecular weight excluding hydrogens is 394 g/mol. The van der Waals surface area contributed by atoms with Crippen molar-refractivity contribution in [1.82, 2.24) is 14.8 Å². The summed E-state index contributed by atoms with van der Waals surface area (Å²) in [6.07, 6.45) is 0. The second-order valence-corrected chi connectivity index (χ2v) is 7.76. The van der Waals surface area contributed by atoms with Crippen LogP contribution in [0.3, 0.4) is 0 Å². The van der Waals surface area contributed by atoms with Gasteiger partial charge in [-0.2, -0.15) is 0 Å². The summed E-state index contributed by atoms with van der Waals surface area (Å²) >= 11 is 1.67. The Labute approximate surface area is 180 Å². The van der Waals surface area contributed by atoms with Crippen LogP contribution in [0.4, 0.5) is 0 Å². The smallest absolute Gasteiger partial charge is 0.196 e. The highest BCUT2D eigenvalue weighted by molar-refractivity contribution is 7.98. The Morgan fingerprint density at radius 3 is 2.27 bits per heavy atom. The molecule has 152 valence electrons. The average Bonchev–Trinajstić information content (AvgIpc) is 3.22. The third-order valence-corrected chi connectivity index (χ3v) is 5.78. The molecule has 0 N–H and O–H groups in total. The lowest BCUT2D eigenvalue weighted by atomic mass is 10.1. The normalized spacial score (nSPS) is 10.8. The van der Waals surface area contributed by atoms with E-state index in [9.17, 15) is 0 Å². The first-order valence-corrected chi connectivity index (χ1v) is 10.6. The monoisotopic (exact) mass is 417 g/mol. The minimum absolute atomic E-state index is 0.659. The van der Waals surface area contributed by atoms with Crippen LogP contribution in [0.2, 0.25) is 0 Å². The maximum atomic E-state index is 5.48. The fourth-order valence-corrected chi connectivity index (χ4v) is 4.08. The Kier molecular flexibility index (Phi) is 6.05. The third-order valence-electron chi connectivity index (χ3n) is 4.78. The van der Waals surface area contributed by atoms with Crippen LogP contribution < -0.4 is 9.47 Å². The highest BCUT2D eigenvalue weighted by atomic mass is 32.2. The minimum Gasteiger partial charge on any atom is -0.493 e. The molecule has 3 aromatic carbocycles. The van der Waals surface area contributed by atoms with Crippen molar-refractivity contribution in [1.29, 1.82) is 0 Å². The van der Waals surface area contributed by atoms with Gasteiger partial charge in [-0.3, -0.25) is 4.57 Å². The van der Waals surface area contributed by atoms with Gasteiger partial charge in [-0.15, -0.1) is 10.2 Å². The zero-order valence-corrected chi connectivity index (χ0v) is 18.0. The van der Waals surface area contributed by atoms with Gasteiger partial charge in [0.2, 0.25) is 0 Å². The van der Waals surface area contributed by atoms with E-state index in [-0.39, 0.29) is 0 Å². The van der Waals surface area contributed by atoms with E-state index in [4.69, 9.17) is 9.47 Å². The lowest BCUT2D eigenvalue weighted by Crippen LogP contribution is -2.00. The summed E-state index contributed by atoms with van der Waals surface area (Å²) in [5.41, 5.74) is 4.38. The topological polar surface area (TPSA) is 49.2 Å². The van der Waals surface area contributed by atoms with E-state index >= 15 is 0 Å². The van der Waals surface area contributed by atoms with Crippen LogP contribution in [0.15, 0.2) is 78.0 Å². The van der Waals surface area contributed by atoms with Crippen LogP contribution in [0.5, 0.6) is 11.5 Å². The van der Waals surface area contributed by atoms with Gasteiger partial charge in [0.1, 0.15) is 0 Å². The van der Waals surface area contributed by atoms with Gasteiger partial charge in [0.05, 0.1) is 14.2 Å². The third kappa shape index (κ3) is 4.19. The molecule has 6 heteroatoms. The minimum atomic E-state index is 0.659. The van der Waals surface area contributed by atoms with Crippen LogP contribution in [0, 0.1) is 6.92 Å². The lowest BCUT2D eigenvalue weighted by molar-refractivity contribution is 0.355. The Bertz CT molecular complexity index is 1130. The maximum Gasteiger partial charge on any atom is 0.196 e. The van der Waals surface area contributed by atoms with Crippen LogP contribution in [-0.2, 0) is 5.75 Å². The molecule has 1 heterocycles. The van der Waals surface area contributed by atoms with E-state index in [1.165, 1.54) is 11.1 Å². The quantitative estimate of drug-likeness (QED) is 0.369. The molecule has 4 aromatic rings. The summed E-state index contributed by atoms with van der Waals surface area (Å²) < 4.78 is 13.0. The molecular formula is C24H23N3O2S. The average molecular weight is 418 g/mol. The molecule has 0 aliphatic carbocycles. The van der Waals surface area contributed by atoms with Crippen LogP contribution in [0.1, 0.15) is 11.1 Å². The molecule has 4 rings (SSSR count). The summed E-state index contributed by atoms with van der Waals surface area (Å²) in [6, 6.07) is 24.5. The molecule has 5 nitrogen and oxygen atoms in total. The van der Waals surface area contributed by atoms with Crippen molar-refractivity contribution in [3.05, 3.63) is 83.9 Å². The van der Waals surface area contributed by atoms with Crippen LogP contribution >= 0.6 is 11.8 Å². The fourth-order valence-electron chi connectivity index (χ4n) is 3.17. The summed E-state index contributed by atoms with van der Waals surface area (Å²) in [5, 5.41) is 9.87. The Morgan fingerprint density at radius 1 is 0.833 bits per heavy atom. The predicted molar refractivity (Wildman–Crippen MR) is 121 cm³/mol. The van der Waals surface area contributed by atoms with Crippen molar-refractivity contribution in [3.63, 3.8) is 0 Å². The van der Waals surface area contributed by atoms with Crippen LogP contribution in [0.25, 0.3) is 17.1 Å². The van der Waals surface area contributed by atoms with E-state index in [1.54, 1.807) is 26.0 Å². The SMILES string of the molecule is COc1ccc(-c2nnc(SCc3ccccc3)n2-c2ccc(C)cc2)cc1OC. The number of benzene rings is 3. The number of methoxy groups -OCH3 is 2. The van der Waals surface area contributed by atoms with Crippen molar-refractivity contribution < 1.29 is 9.47 Å². The Hall–Kier alpha value is -3.25. The van der Waals surface area contributed by atoms with Gasteiger partial charge >= 0.3 is 0 Å². The van der Waals surface area contributed by atoms with E-state index in [0.717, 1.165) is 28.0 Å². The largest absolute Gasteiger partial charge is 0.493 e. The molecule has 0 unspecified atom stereocenters. The van der Waals surface area contributed by atoms with Gasteiger partial charge in [0, 0.05) is 17.0 Å². The van der Waals surface area contributed by atoms with Crippen molar-refractivity contribution >= 4 is 11.8 Å². The maximum absolute atomic E-state index is 5.48. The van der Waals surface area contributed by atoms with Gasteiger partial charge in [-0.05, 0) is 42.8 Å². The first-order valence-electron chi connectivity index (χ1n) is 9.61. The van der Waals surface area contributed by atoms with Gasteiger partial charge in [0.15, 0.2) is 22.5 Å². The Morgan fingerprint density at radius 2 is 1.57 bits per heavy atom. The zero-order valence-electron chi connectivity index (χ0n) is 17.2. The van der Waals surface area contributed by atoms with E-state index in [2.05, 4.69) is 70.2 Å². The predicted octanol–water partition coefficient (Wildman–Crippen LogP) is 5.55. The molecule has 30 heavy (non-hydrogen) atoms. The number of thioether (sulfide) groups is 1. The highest BCUT2D eigenvalue weighted by Gasteiger charge is 2.18. The Balaban J connectivity index is 1.77.